The molecule has 2 N–H and O–H groups in total. The van der Waals surface area contributed by atoms with Gasteiger partial charge in [0.25, 0.3) is 0 Å². The van der Waals surface area contributed by atoms with E-state index in [-0.39, 0.29) is 6.61 Å². The maximum absolute atomic E-state index is 9.05. The first kappa shape index (κ1) is 8.72. The highest BCUT2D eigenvalue weighted by molar-refractivity contribution is 5.19. The van der Waals surface area contributed by atoms with Crippen LogP contribution in [-0.4, -0.2) is 28.5 Å². The van der Waals surface area contributed by atoms with Crippen LogP contribution < -0.4 is 0 Å². The van der Waals surface area contributed by atoms with Gasteiger partial charge in [-0.15, -0.1) is 0 Å². The standard InChI is InChI=1S/C9H14N2O2/c12-6-8-5-10-11-9(8)7-1-3-13-4-2-7/h5,7,12H,1-4,6H2,(H,10,11). The second kappa shape index (κ2) is 3.89. The molecule has 4 nitrogen and oxygen atoms in total. The van der Waals surface area contributed by atoms with Gasteiger partial charge < -0.3 is 9.84 Å². The third-order valence-electron chi connectivity index (χ3n) is 2.55. The molecular formula is C9H14N2O2. The average molecular weight is 182 g/mol. The third-order valence-corrected chi connectivity index (χ3v) is 2.55. The van der Waals surface area contributed by atoms with Crippen molar-refractivity contribution in [2.75, 3.05) is 13.2 Å². The molecule has 13 heavy (non-hydrogen) atoms. The van der Waals surface area contributed by atoms with Crippen molar-refractivity contribution in [3.63, 3.8) is 0 Å². The van der Waals surface area contributed by atoms with Crippen LogP contribution in [0, 0.1) is 0 Å². The Hall–Kier alpha value is -0.870. The molecule has 2 heterocycles. The zero-order valence-corrected chi connectivity index (χ0v) is 7.49. The molecule has 1 aliphatic rings. The fourth-order valence-corrected chi connectivity index (χ4v) is 1.79. The fourth-order valence-electron chi connectivity index (χ4n) is 1.79. The SMILES string of the molecule is OCc1cn[nH]c1C1CCOCC1. The smallest absolute Gasteiger partial charge is 0.0715 e. The van der Waals surface area contributed by atoms with E-state index in [1.807, 2.05) is 0 Å². The predicted molar refractivity (Wildman–Crippen MR) is 47.3 cm³/mol. The highest BCUT2D eigenvalue weighted by atomic mass is 16.5. The van der Waals surface area contributed by atoms with Crippen LogP contribution in [0.15, 0.2) is 6.20 Å². The topological polar surface area (TPSA) is 58.1 Å². The molecular weight excluding hydrogens is 168 g/mol. The fraction of sp³-hybridized carbons (Fsp3) is 0.667. The molecule has 0 unspecified atom stereocenters. The van der Waals surface area contributed by atoms with E-state index in [9.17, 15) is 0 Å². The van der Waals surface area contributed by atoms with E-state index < -0.39 is 0 Å². The number of hydrogen-bond donors (Lipinski definition) is 2. The zero-order valence-electron chi connectivity index (χ0n) is 7.49. The van der Waals surface area contributed by atoms with Gasteiger partial charge in [-0.2, -0.15) is 5.10 Å². The average Bonchev–Trinajstić information content (AvgIpc) is 2.67. The molecule has 1 aromatic heterocycles. The summed E-state index contributed by atoms with van der Waals surface area (Å²) < 4.78 is 5.27. The zero-order chi connectivity index (χ0) is 9.10. The van der Waals surface area contributed by atoms with Gasteiger partial charge >= 0.3 is 0 Å². The van der Waals surface area contributed by atoms with Gasteiger partial charge in [-0.1, -0.05) is 0 Å². The highest BCUT2D eigenvalue weighted by Gasteiger charge is 2.19. The number of aromatic amines is 1. The van der Waals surface area contributed by atoms with Gasteiger partial charge in [-0.25, -0.2) is 0 Å². The van der Waals surface area contributed by atoms with Gasteiger partial charge in [0.05, 0.1) is 12.8 Å². The van der Waals surface area contributed by atoms with Crippen molar-refractivity contribution in [1.82, 2.24) is 10.2 Å². The van der Waals surface area contributed by atoms with Gasteiger partial charge in [0.2, 0.25) is 0 Å². The number of nitrogens with one attached hydrogen (secondary N) is 1. The van der Waals surface area contributed by atoms with Crippen LogP contribution in [0.4, 0.5) is 0 Å². The molecule has 1 aromatic rings. The molecule has 0 amide bonds. The van der Waals surface area contributed by atoms with Crippen molar-refractivity contribution >= 4 is 0 Å². The number of aliphatic hydroxyl groups excluding tert-OH is 1. The summed E-state index contributed by atoms with van der Waals surface area (Å²) >= 11 is 0. The normalized spacial score (nSPS) is 19.2. The second-order valence-electron chi connectivity index (χ2n) is 3.35. The number of rotatable bonds is 2. The largest absolute Gasteiger partial charge is 0.392 e. The summed E-state index contributed by atoms with van der Waals surface area (Å²) in [7, 11) is 0. The van der Waals surface area contributed by atoms with Crippen LogP contribution in [0.3, 0.4) is 0 Å². The lowest BCUT2D eigenvalue weighted by molar-refractivity contribution is 0.0840. The van der Waals surface area contributed by atoms with Crippen molar-refractivity contribution in [3.05, 3.63) is 17.5 Å². The van der Waals surface area contributed by atoms with E-state index in [0.717, 1.165) is 37.3 Å². The Kier molecular flexibility index (Phi) is 2.61. The van der Waals surface area contributed by atoms with Crippen molar-refractivity contribution in [2.45, 2.75) is 25.4 Å². The van der Waals surface area contributed by atoms with Gasteiger partial charge in [-0.3, -0.25) is 5.10 Å². The molecule has 1 fully saturated rings. The first-order valence-corrected chi connectivity index (χ1v) is 4.62. The number of hydrogen-bond acceptors (Lipinski definition) is 3. The monoisotopic (exact) mass is 182 g/mol. The molecule has 2 rings (SSSR count). The number of aliphatic hydroxyl groups is 1. The number of H-pyrrole nitrogens is 1. The lowest BCUT2D eigenvalue weighted by atomic mass is 9.94. The molecule has 0 bridgehead atoms. The van der Waals surface area contributed by atoms with E-state index in [2.05, 4.69) is 10.2 Å². The van der Waals surface area contributed by atoms with E-state index in [4.69, 9.17) is 9.84 Å². The lowest BCUT2D eigenvalue weighted by Crippen LogP contribution is -2.15. The van der Waals surface area contributed by atoms with Crippen LogP contribution in [0.1, 0.15) is 30.0 Å². The first-order valence-electron chi connectivity index (χ1n) is 4.62. The van der Waals surface area contributed by atoms with Crippen LogP contribution in [0.25, 0.3) is 0 Å². The minimum Gasteiger partial charge on any atom is -0.392 e. The highest BCUT2D eigenvalue weighted by Crippen LogP contribution is 2.27. The van der Waals surface area contributed by atoms with Crippen LogP contribution in [0.2, 0.25) is 0 Å². The number of ether oxygens (including phenoxy) is 1. The molecule has 0 saturated carbocycles. The predicted octanol–water partition coefficient (Wildman–Crippen LogP) is 0.796. The van der Waals surface area contributed by atoms with Crippen molar-refractivity contribution in [1.29, 1.82) is 0 Å². The van der Waals surface area contributed by atoms with Gasteiger partial charge in [0.1, 0.15) is 0 Å². The van der Waals surface area contributed by atoms with Crippen molar-refractivity contribution in [3.8, 4) is 0 Å². The Labute approximate surface area is 76.9 Å². The molecule has 1 saturated heterocycles. The Morgan fingerprint density at radius 2 is 2.31 bits per heavy atom. The summed E-state index contributed by atoms with van der Waals surface area (Å²) in [4.78, 5) is 0. The Balaban J connectivity index is 2.13. The Morgan fingerprint density at radius 3 is 3.00 bits per heavy atom. The lowest BCUT2D eigenvalue weighted by Gasteiger charge is -2.21. The minimum absolute atomic E-state index is 0.0726. The van der Waals surface area contributed by atoms with Gasteiger partial charge in [0, 0.05) is 30.4 Å². The van der Waals surface area contributed by atoms with Crippen molar-refractivity contribution in [2.24, 2.45) is 0 Å². The third kappa shape index (κ3) is 1.73. The van der Waals surface area contributed by atoms with Crippen LogP contribution in [-0.2, 0) is 11.3 Å². The number of aromatic nitrogens is 2. The molecule has 0 atom stereocenters. The Morgan fingerprint density at radius 1 is 1.54 bits per heavy atom. The van der Waals surface area contributed by atoms with Gasteiger partial charge in [-0.05, 0) is 12.8 Å². The first-order chi connectivity index (χ1) is 6.42. The van der Waals surface area contributed by atoms with E-state index in [1.165, 1.54) is 0 Å². The van der Waals surface area contributed by atoms with Gasteiger partial charge in [0.15, 0.2) is 0 Å². The molecule has 4 heteroatoms. The molecule has 0 radical (unpaired) electrons. The maximum atomic E-state index is 9.05. The maximum Gasteiger partial charge on any atom is 0.0715 e. The molecule has 1 aliphatic heterocycles. The summed E-state index contributed by atoms with van der Waals surface area (Å²) in [5, 5.41) is 15.9. The summed E-state index contributed by atoms with van der Waals surface area (Å²) in [6.45, 7) is 1.70. The molecule has 72 valence electrons. The summed E-state index contributed by atoms with van der Waals surface area (Å²) in [6, 6.07) is 0. The summed E-state index contributed by atoms with van der Waals surface area (Å²) in [5.74, 6) is 0.485. The van der Waals surface area contributed by atoms with E-state index >= 15 is 0 Å². The quantitative estimate of drug-likeness (QED) is 0.711. The summed E-state index contributed by atoms with van der Waals surface area (Å²) in [5.41, 5.74) is 2.01. The summed E-state index contributed by atoms with van der Waals surface area (Å²) in [6.07, 6.45) is 3.75. The van der Waals surface area contributed by atoms with Crippen molar-refractivity contribution < 1.29 is 9.84 Å². The minimum atomic E-state index is 0.0726. The second-order valence-corrected chi connectivity index (χ2v) is 3.35. The van der Waals surface area contributed by atoms with Crippen LogP contribution >= 0.6 is 0 Å². The molecule has 0 aliphatic carbocycles. The number of nitrogens with zero attached hydrogens (tertiary/aromatic N) is 1. The van der Waals surface area contributed by atoms with Crippen LogP contribution in [0.5, 0.6) is 0 Å². The molecule has 0 aromatic carbocycles. The van der Waals surface area contributed by atoms with E-state index in [1.54, 1.807) is 6.20 Å². The molecule has 0 spiro atoms. The van der Waals surface area contributed by atoms with E-state index in [0.29, 0.717) is 5.92 Å². The Bertz CT molecular complexity index is 266.